The Morgan fingerprint density at radius 3 is 2.89 bits per heavy atom. The first kappa shape index (κ1) is 12.4. The van der Waals surface area contributed by atoms with Crippen LogP contribution in [-0.4, -0.2) is 37.6 Å². The number of ether oxygens (including phenoxy) is 1. The Kier molecular flexibility index (Phi) is 2.92. The van der Waals surface area contributed by atoms with E-state index in [2.05, 4.69) is 4.98 Å². The molecule has 0 atom stereocenters. The van der Waals surface area contributed by atoms with Gasteiger partial charge in [0.2, 0.25) is 10.0 Å². The molecule has 1 aliphatic heterocycles. The third-order valence-electron chi connectivity index (χ3n) is 2.96. The lowest BCUT2D eigenvalue weighted by Gasteiger charge is -2.25. The lowest BCUT2D eigenvalue weighted by molar-refractivity contribution is 0.0313. The molecule has 1 saturated heterocycles. The van der Waals surface area contributed by atoms with Gasteiger partial charge in [-0.15, -0.1) is 0 Å². The average molecular weight is 284 g/mol. The summed E-state index contributed by atoms with van der Waals surface area (Å²) in [4.78, 5) is 13.6. The summed E-state index contributed by atoms with van der Waals surface area (Å²) in [5.41, 5.74) is 0.697. The molecule has 8 heteroatoms. The molecule has 1 fully saturated rings. The van der Waals surface area contributed by atoms with E-state index in [0.717, 1.165) is 0 Å². The molecule has 3 rings (SSSR count). The number of aromatic nitrogens is 1. The summed E-state index contributed by atoms with van der Waals surface area (Å²) >= 11 is 0. The highest BCUT2D eigenvalue weighted by molar-refractivity contribution is 7.89. The molecule has 0 bridgehead atoms. The number of fused-ring (bicyclic) bond motifs is 1. The monoisotopic (exact) mass is 284 g/mol. The summed E-state index contributed by atoms with van der Waals surface area (Å²) in [6.45, 7) is 1.05. The Morgan fingerprint density at radius 2 is 2.16 bits per heavy atom. The van der Waals surface area contributed by atoms with Crippen molar-refractivity contribution in [3.05, 3.63) is 28.7 Å². The molecule has 0 aliphatic carbocycles. The van der Waals surface area contributed by atoms with Gasteiger partial charge in [-0.2, -0.15) is 4.31 Å². The summed E-state index contributed by atoms with van der Waals surface area (Å²) in [6, 6.07) is 4.30. The van der Waals surface area contributed by atoms with Gasteiger partial charge in [0, 0.05) is 19.2 Å². The lowest BCUT2D eigenvalue weighted by atomic mass is 10.3. The fourth-order valence-electron chi connectivity index (χ4n) is 2.00. The number of hydrogen-bond donors (Lipinski definition) is 1. The fraction of sp³-hybridized carbons (Fsp3) is 0.364. The van der Waals surface area contributed by atoms with Crippen LogP contribution in [0.15, 0.2) is 32.3 Å². The first-order valence-electron chi connectivity index (χ1n) is 5.78. The van der Waals surface area contributed by atoms with Crippen molar-refractivity contribution < 1.29 is 17.6 Å². The van der Waals surface area contributed by atoms with Gasteiger partial charge in [-0.1, -0.05) is 0 Å². The SMILES string of the molecule is O=c1[nH]c2ccc(S(=O)(=O)N3CCCOC3)cc2o1. The van der Waals surface area contributed by atoms with Gasteiger partial charge in [-0.05, 0) is 18.6 Å². The van der Waals surface area contributed by atoms with E-state index in [1.54, 1.807) is 0 Å². The minimum absolute atomic E-state index is 0.0530. The zero-order valence-corrected chi connectivity index (χ0v) is 10.8. The molecule has 19 heavy (non-hydrogen) atoms. The van der Waals surface area contributed by atoms with E-state index in [9.17, 15) is 13.2 Å². The lowest BCUT2D eigenvalue weighted by Crippen LogP contribution is -2.38. The van der Waals surface area contributed by atoms with E-state index in [1.807, 2.05) is 0 Å². The Labute approximate surface area is 108 Å². The molecular weight excluding hydrogens is 272 g/mol. The maximum Gasteiger partial charge on any atom is 0.417 e. The van der Waals surface area contributed by atoms with E-state index in [4.69, 9.17) is 9.15 Å². The van der Waals surface area contributed by atoms with Gasteiger partial charge in [0.25, 0.3) is 0 Å². The van der Waals surface area contributed by atoms with Crippen LogP contribution >= 0.6 is 0 Å². The van der Waals surface area contributed by atoms with Gasteiger partial charge < -0.3 is 9.15 Å². The van der Waals surface area contributed by atoms with Crippen molar-refractivity contribution >= 4 is 21.1 Å². The molecule has 102 valence electrons. The third kappa shape index (κ3) is 2.18. The van der Waals surface area contributed by atoms with Crippen LogP contribution in [0.4, 0.5) is 0 Å². The van der Waals surface area contributed by atoms with E-state index in [-0.39, 0.29) is 17.2 Å². The molecule has 2 heterocycles. The van der Waals surface area contributed by atoms with Crippen LogP contribution < -0.4 is 5.76 Å². The molecule has 1 aromatic heterocycles. The van der Waals surface area contributed by atoms with Crippen molar-refractivity contribution in [1.29, 1.82) is 0 Å². The predicted octanol–water partition coefficient (Wildman–Crippen LogP) is 0.490. The second-order valence-corrected chi connectivity index (χ2v) is 6.18. The smallest absolute Gasteiger partial charge is 0.408 e. The van der Waals surface area contributed by atoms with Gasteiger partial charge in [0.1, 0.15) is 6.73 Å². The second-order valence-electron chi connectivity index (χ2n) is 4.24. The minimum atomic E-state index is -3.61. The number of sulfonamides is 1. The molecule has 0 spiro atoms. The normalized spacial score (nSPS) is 17.9. The van der Waals surface area contributed by atoms with Crippen molar-refractivity contribution in [1.82, 2.24) is 9.29 Å². The molecule has 1 aromatic carbocycles. The zero-order chi connectivity index (χ0) is 13.5. The molecule has 0 unspecified atom stereocenters. The number of nitrogens with one attached hydrogen (secondary N) is 1. The quantitative estimate of drug-likeness (QED) is 0.866. The molecule has 7 nitrogen and oxygen atoms in total. The van der Waals surface area contributed by atoms with Crippen LogP contribution in [0.25, 0.3) is 11.1 Å². The molecule has 0 saturated carbocycles. The van der Waals surface area contributed by atoms with Crippen molar-refractivity contribution in [3.63, 3.8) is 0 Å². The number of H-pyrrole nitrogens is 1. The molecule has 0 radical (unpaired) electrons. The average Bonchev–Trinajstić information content (AvgIpc) is 2.78. The summed E-state index contributed by atoms with van der Waals surface area (Å²) in [6.07, 6.45) is 0.667. The van der Waals surface area contributed by atoms with Crippen molar-refractivity contribution in [2.24, 2.45) is 0 Å². The predicted molar refractivity (Wildman–Crippen MR) is 66.2 cm³/mol. The van der Waals surface area contributed by atoms with Crippen LogP contribution in [0.2, 0.25) is 0 Å². The van der Waals surface area contributed by atoms with Crippen LogP contribution in [0.5, 0.6) is 0 Å². The van der Waals surface area contributed by atoms with Gasteiger partial charge in [0.05, 0.1) is 10.4 Å². The van der Waals surface area contributed by atoms with Gasteiger partial charge in [0.15, 0.2) is 5.58 Å². The van der Waals surface area contributed by atoms with E-state index in [0.29, 0.717) is 25.1 Å². The highest BCUT2D eigenvalue weighted by Gasteiger charge is 2.26. The Balaban J connectivity index is 2.04. The van der Waals surface area contributed by atoms with E-state index in [1.165, 1.54) is 22.5 Å². The Hall–Kier alpha value is -1.64. The first-order valence-corrected chi connectivity index (χ1v) is 7.22. The first-order chi connectivity index (χ1) is 9.07. The van der Waals surface area contributed by atoms with Crippen LogP contribution in [0.3, 0.4) is 0 Å². The molecule has 1 N–H and O–H groups in total. The highest BCUT2D eigenvalue weighted by atomic mass is 32.2. The second kappa shape index (κ2) is 4.48. The maximum absolute atomic E-state index is 12.4. The fourth-order valence-corrected chi connectivity index (χ4v) is 3.38. The standard InChI is InChI=1S/C11H12N2O5S/c14-11-12-9-3-2-8(6-10(9)18-11)19(15,16)13-4-1-5-17-7-13/h2-3,6H,1,4-5,7H2,(H,12,14). The number of nitrogens with zero attached hydrogens (tertiary/aromatic N) is 1. The van der Waals surface area contributed by atoms with Crippen LogP contribution in [0, 0.1) is 0 Å². The van der Waals surface area contributed by atoms with Gasteiger partial charge >= 0.3 is 5.76 Å². The minimum Gasteiger partial charge on any atom is -0.408 e. The largest absolute Gasteiger partial charge is 0.417 e. The Bertz CT molecular complexity index is 755. The van der Waals surface area contributed by atoms with Crippen LogP contribution in [0.1, 0.15) is 6.42 Å². The van der Waals surface area contributed by atoms with E-state index < -0.39 is 15.8 Å². The summed E-state index contributed by atoms with van der Waals surface area (Å²) in [5, 5.41) is 0. The zero-order valence-electron chi connectivity index (χ0n) is 9.96. The van der Waals surface area contributed by atoms with Crippen LogP contribution in [-0.2, 0) is 14.8 Å². The molecule has 2 aromatic rings. The number of rotatable bonds is 2. The Morgan fingerprint density at radius 1 is 1.32 bits per heavy atom. The maximum atomic E-state index is 12.4. The van der Waals surface area contributed by atoms with Crippen molar-refractivity contribution in [2.75, 3.05) is 19.9 Å². The highest BCUT2D eigenvalue weighted by Crippen LogP contribution is 2.21. The number of hydrogen-bond acceptors (Lipinski definition) is 5. The van der Waals surface area contributed by atoms with Crippen molar-refractivity contribution in [3.8, 4) is 0 Å². The number of aromatic amines is 1. The molecule has 0 amide bonds. The third-order valence-corrected chi connectivity index (χ3v) is 4.78. The topological polar surface area (TPSA) is 92.6 Å². The molecular formula is C11H12N2O5S. The van der Waals surface area contributed by atoms with Gasteiger partial charge in [-0.3, -0.25) is 4.98 Å². The van der Waals surface area contributed by atoms with Crippen molar-refractivity contribution in [2.45, 2.75) is 11.3 Å². The summed E-state index contributed by atoms with van der Waals surface area (Å²) < 4.78 is 36.0. The number of benzene rings is 1. The summed E-state index contributed by atoms with van der Waals surface area (Å²) in [5.74, 6) is -0.606. The molecule has 1 aliphatic rings. The van der Waals surface area contributed by atoms with E-state index >= 15 is 0 Å². The number of oxazole rings is 1. The summed E-state index contributed by atoms with van der Waals surface area (Å²) in [7, 11) is -3.61. The van der Waals surface area contributed by atoms with Gasteiger partial charge in [-0.25, -0.2) is 13.2 Å².